The fraction of sp³-hybridized carbons (Fsp3) is 0.154. The molecule has 3 aromatic rings. The number of carbonyl (C=O) groups is 3. The quantitative estimate of drug-likeness (QED) is 0.420. The third-order valence-corrected chi connectivity index (χ3v) is 5.15. The largest absolute Gasteiger partial charge is 0.497 e. The van der Waals surface area contributed by atoms with Crippen LogP contribution in [0.2, 0.25) is 5.02 Å². The number of benzene rings is 3. The Labute approximate surface area is 212 Å². The van der Waals surface area contributed by atoms with Crippen molar-refractivity contribution < 1.29 is 28.6 Å². The van der Waals surface area contributed by atoms with Crippen LogP contribution in [0.15, 0.2) is 60.7 Å². The van der Waals surface area contributed by atoms with Crippen LogP contribution in [0.4, 0.5) is 5.69 Å². The Kier molecular flexibility index (Phi) is 8.86. The number of anilines is 1. The van der Waals surface area contributed by atoms with E-state index in [4.69, 9.17) is 21.1 Å². The number of halogens is 1. The number of ether oxygens (including phenoxy) is 3. The fourth-order valence-corrected chi connectivity index (χ4v) is 3.40. The Morgan fingerprint density at radius 1 is 1.00 bits per heavy atom. The lowest BCUT2D eigenvalue weighted by atomic mass is 10.1. The van der Waals surface area contributed by atoms with E-state index in [1.54, 1.807) is 42.5 Å². The summed E-state index contributed by atoms with van der Waals surface area (Å²) < 4.78 is 15.5. The highest BCUT2D eigenvalue weighted by atomic mass is 35.5. The van der Waals surface area contributed by atoms with E-state index in [9.17, 15) is 19.6 Å². The Morgan fingerprint density at radius 3 is 2.53 bits per heavy atom. The van der Waals surface area contributed by atoms with Gasteiger partial charge in [-0.25, -0.2) is 4.79 Å². The maximum atomic E-state index is 12.6. The van der Waals surface area contributed by atoms with Gasteiger partial charge in [-0.2, -0.15) is 5.26 Å². The molecule has 0 radical (unpaired) electrons. The zero-order valence-electron chi connectivity index (χ0n) is 19.5. The summed E-state index contributed by atoms with van der Waals surface area (Å²) in [6.07, 6.45) is 0. The van der Waals surface area contributed by atoms with Crippen LogP contribution in [0, 0.1) is 11.3 Å². The van der Waals surface area contributed by atoms with Gasteiger partial charge in [0.15, 0.2) is 6.61 Å². The van der Waals surface area contributed by atoms with Crippen LogP contribution in [-0.2, 0) is 16.1 Å². The molecule has 2 amide bonds. The number of carbonyl (C=O) groups excluding carboxylic acids is 3. The highest BCUT2D eigenvalue weighted by Crippen LogP contribution is 2.23. The lowest BCUT2D eigenvalue weighted by Gasteiger charge is -2.13. The predicted molar refractivity (Wildman–Crippen MR) is 132 cm³/mol. The molecule has 9 nitrogen and oxygen atoms in total. The number of rotatable bonds is 9. The first-order valence-corrected chi connectivity index (χ1v) is 11.0. The minimum atomic E-state index is -0.529. The number of amides is 2. The first-order chi connectivity index (χ1) is 17.3. The van der Waals surface area contributed by atoms with Crippen molar-refractivity contribution in [3.63, 3.8) is 0 Å². The molecule has 0 aliphatic heterocycles. The van der Waals surface area contributed by atoms with Crippen molar-refractivity contribution in [2.75, 3.05) is 26.1 Å². The summed E-state index contributed by atoms with van der Waals surface area (Å²) in [5, 5.41) is 15.0. The second kappa shape index (κ2) is 12.2. The molecule has 0 aliphatic carbocycles. The van der Waals surface area contributed by atoms with Crippen LogP contribution in [0.5, 0.6) is 11.5 Å². The third kappa shape index (κ3) is 6.98. The maximum Gasteiger partial charge on any atom is 0.337 e. The molecule has 0 saturated carbocycles. The number of methoxy groups -OCH3 is 2. The average Bonchev–Trinajstić information content (AvgIpc) is 2.89. The lowest BCUT2D eigenvalue weighted by Crippen LogP contribution is -2.24. The standard InChI is InChI=1S/C26H22ClN3O6/c1-34-22-11-19(9-20(27)12-22)25(32)29-14-18-7-6-16(13-28)8-23(18)36-15-24(31)30-21-5-3-4-17(10-21)26(33)35-2/h3-12H,14-15H2,1-2H3,(H,29,32)(H,30,31). The summed E-state index contributed by atoms with van der Waals surface area (Å²) in [5.41, 5.74) is 1.86. The van der Waals surface area contributed by atoms with Crippen LogP contribution >= 0.6 is 11.6 Å². The van der Waals surface area contributed by atoms with Crippen LogP contribution in [0.3, 0.4) is 0 Å². The minimum Gasteiger partial charge on any atom is -0.497 e. The van der Waals surface area contributed by atoms with Gasteiger partial charge < -0.3 is 24.8 Å². The number of nitrogens with one attached hydrogen (secondary N) is 2. The van der Waals surface area contributed by atoms with Gasteiger partial charge in [-0.1, -0.05) is 23.7 Å². The van der Waals surface area contributed by atoms with Gasteiger partial charge in [0, 0.05) is 28.4 Å². The zero-order chi connectivity index (χ0) is 26.1. The van der Waals surface area contributed by atoms with Gasteiger partial charge >= 0.3 is 5.97 Å². The van der Waals surface area contributed by atoms with Gasteiger partial charge in [-0.3, -0.25) is 9.59 Å². The summed E-state index contributed by atoms with van der Waals surface area (Å²) in [6, 6.07) is 17.6. The average molecular weight is 508 g/mol. The zero-order valence-corrected chi connectivity index (χ0v) is 20.2. The minimum absolute atomic E-state index is 0.0670. The van der Waals surface area contributed by atoms with E-state index in [2.05, 4.69) is 15.4 Å². The molecule has 0 spiro atoms. The van der Waals surface area contributed by atoms with E-state index in [0.29, 0.717) is 33.1 Å². The molecule has 36 heavy (non-hydrogen) atoms. The topological polar surface area (TPSA) is 127 Å². The number of nitrogens with zero attached hydrogens (tertiary/aromatic N) is 1. The Bertz CT molecular complexity index is 1340. The molecule has 0 bridgehead atoms. The maximum absolute atomic E-state index is 12.6. The molecule has 2 N–H and O–H groups in total. The number of hydrogen-bond donors (Lipinski definition) is 2. The first kappa shape index (κ1) is 26.1. The third-order valence-electron chi connectivity index (χ3n) is 4.93. The summed E-state index contributed by atoms with van der Waals surface area (Å²) in [6.45, 7) is -0.304. The molecule has 0 heterocycles. The monoisotopic (exact) mass is 507 g/mol. The van der Waals surface area contributed by atoms with Gasteiger partial charge in [-0.05, 0) is 48.5 Å². The van der Waals surface area contributed by atoms with Crippen molar-refractivity contribution in [1.29, 1.82) is 5.26 Å². The fourth-order valence-electron chi connectivity index (χ4n) is 3.18. The van der Waals surface area contributed by atoms with E-state index in [-0.39, 0.29) is 24.5 Å². The molecular weight excluding hydrogens is 486 g/mol. The van der Waals surface area contributed by atoms with Crippen LogP contribution in [-0.4, -0.2) is 38.6 Å². The molecule has 0 aromatic heterocycles. The van der Waals surface area contributed by atoms with E-state index in [0.717, 1.165) is 0 Å². The summed E-state index contributed by atoms with van der Waals surface area (Å²) in [7, 11) is 2.74. The molecule has 3 aromatic carbocycles. The molecule has 0 atom stereocenters. The van der Waals surface area contributed by atoms with Crippen molar-refractivity contribution in [3.05, 3.63) is 87.9 Å². The van der Waals surface area contributed by atoms with Crippen molar-refractivity contribution >= 4 is 35.1 Å². The molecule has 3 rings (SSSR count). The SMILES string of the molecule is COC(=O)c1cccc(NC(=O)COc2cc(C#N)ccc2CNC(=O)c2cc(Cl)cc(OC)c2)c1. The number of nitriles is 1. The summed E-state index contributed by atoms with van der Waals surface area (Å²) >= 11 is 6.04. The van der Waals surface area contributed by atoms with Gasteiger partial charge in [0.25, 0.3) is 11.8 Å². The molecule has 0 aliphatic rings. The van der Waals surface area contributed by atoms with E-state index >= 15 is 0 Å². The predicted octanol–water partition coefficient (Wildman–Crippen LogP) is 3.95. The number of hydrogen-bond acceptors (Lipinski definition) is 7. The van der Waals surface area contributed by atoms with Crippen molar-refractivity contribution in [1.82, 2.24) is 5.32 Å². The van der Waals surface area contributed by atoms with Crippen LogP contribution in [0.25, 0.3) is 0 Å². The van der Waals surface area contributed by atoms with Gasteiger partial charge in [-0.15, -0.1) is 0 Å². The molecular formula is C26H22ClN3O6. The molecule has 10 heteroatoms. The van der Waals surface area contributed by atoms with Crippen LogP contribution in [0.1, 0.15) is 31.8 Å². The Hall–Kier alpha value is -4.55. The Morgan fingerprint density at radius 2 is 1.81 bits per heavy atom. The smallest absolute Gasteiger partial charge is 0.337 e. The molecule has 0 fully saturated rings. The second-order valence-electron chi connectivity index (χ2n) is 7.41. The summed E-state index contributed by atoms with van der Waals surface area (Å²) in [5.74, 6) is -0.706. The van der Waals surface area contributed by atoms with Gasteiger partial charge in [0.2, 0.25) is 0 Å². The number of esters is 1. The van der Waals surface area contributed by atoms with E-state index in [1.165, 1.54) is 32.4 Å². The molecule has 0 saturated heterocycles. The van der Waals surface area contributed by atoms with Crippen molar-refractivity contribution in [3.8, 4) is 17.6 Å². The highest BCUT2D eigenvalue weighted by molar-refractivity contribution is 6.31. The van der Waals surface area contributed by atoms with Crippen molar-refractivity contribution in [2.24, 2.45) is 0 Å². The molecule has 0 unspecified atom stereocenters. The van der Waals surface area contributed by atoms with E-state index in [1.807, 2.05) is 6.07 Å². The van der Waals surface area contributed by atoms with Gasteiger partial charge in [0.05, 0.1) is 31.4 Å². The van der Waals surface area contributed by atoms with Gasteiger partial charge in [0.1, 0.15) is 11.5 Å². The van der Waals surface area contributed by atoms with Crippen LogP contribution < -0.4 is 20.1 Å². The van der Waals surface area contributed by atoms with E-state index < -0.39 is 17.8 Å². The Balaban J connectivity index is 1.67. The van der Waals surface area contributed by atoms with Crippen molar-refractivity contribution in [2.45, 2.75) is 6.54 Å². The lowest BCUT2D eigenvalue weighted by molar-refractivity contribution is -0.118. The normalized spacial score (nSPS) is 10.1. The first-order valence-electron chi connectivity index (χ1n) is 10.6. The highest BCUT2D eigenvalue weighted by Gasteiger charge is 2.13. The summed E-state index contributed by atoms with van der Waals surface area (Å²) in [4.78, 5) is 36.7. The molecule has 184 valence electrons. The second-order valence-corrected chi connectivity index (χ2v) is 7.84.